The van der Waals surface area contributed by atoms with Crippen LogP contribution < -0.4 is 0 Å². The Bertz CT molecular complexity index is 430. The summed E-state index contributed by atoms with van der Waals surface area (Å²) in [7, 11) is 0. The lowest BCUT2D eigenvalue weighted by Gasteiger charge is -2.22. The number of rotatable bonds is 5. The van der Waals surface area contributed by atoms with Crippen LogP contribution in [-0.2, 0) is 9.59 Å². The maximum atomic E-state index is 12.3. The zero-order valence-electron chi connectivity index (χ0n) is 11.6. The maximum absolute atomic E-state index is 12.3. The number of hydrogen-bond acceptors (Lipinski definition) is 2. The van der Waals surface area contributed by atoms with Gasteiger partial charge in [0, 0.05) is 18.3 Å². The van der Waals surface area contributed by atoms with Crippen LogP contribution in [-0.4, -0.2) is 11.6 Å². The minimum absolute atomic E-state index is 0.0929. The molecule has 2 nitrogen and oxygen atoms in total. The predicted octanol–water partition coefficient (Wildman–Crippen LogP) is 3.90. The van der Waals surface area contributed by atoms with Gasteiger partial charge in [-0.3, -0.25) is 9.59 Å². The Morgan fingerprint density at radius 3 is 2.32 bits per heavy atom. The number of ketones is 2. The van der Waals surface area contributed by atoms with E-state index >= 15 is 0 Å². The molecule has 2 rings (SSSR count). The third-order valence-corrected chi connectivity index (χ3v) is 4.16. The molecule has 2 heteroatoms. The van der Waals surface area contributed by atoms with Gasteiger partial charge in [0.05, 0.1) is 0 Å². The molecule has 1 aromatic carbocycles. The van der Waals surface area contributed by atoms with Gasteiger partial charge in [-0.15, -0.1) is 0 Å². The molecule has 1 saturated carbocycles. The molecule has 1 atom stereocenters. The molecule has 0 heterocycles. The van der Waals surface area contributed by atoms with Gasteiger partial charge in [0.25, 0.3) is 0 Å². The molecule has 0 N–H and O–H groups in total. The summed E-state index contributed by atoms with van der Waals surface area (Å²) in [6.07, 6.45) is 5.97. The van der Waals surface area contributed by atoms with Crippen LogP contribution in [0.25, 0.3) is 0 Å². The number of carbonyl (C=O) groups is 2. The van der Waals surface area contributed by atoms with E-state index in [1.54, 1.807) is 6.92 Å². The lowest BCUT2D eigenvalue weighted by Crippen LogP contribution is -2.22. The minimum atomic E-state index is -0.254. The molecular formula is C17H22O2. The molecule has 102 valence electrons. The Morgan fingerprint density at radius 2 is 1.74 bits per heavy atom. The molecule has 0 aromatic heterocycles. The molecule has 0 radical (unpaired) electrons. The molecule has 0 bridgehead atoms. The summed E-state index contributed by atoms with van der Waals surface area (Å²) in [6, 6.07) is 9.68. The summed E-state index contributed by atoms with van der Waals surface area (Å²) in [6.45, 7) is 1.59. The van der Waals surface area contributed by atoms with E-state index in [1.807, 2.05) is 30.3 Å². The van der Waals surface area contributed by atoms with Gasteiger partial charge in [0.1, 0.15) is 11.6 Å². The van der Waals surface area contributed by atoms with Gasteiger partial charge in [0.15, 0.2) is 0 Å². The molecule has 0 spiro atoms. The number of Topliss-reactive ketones (excluding diaryl/α,β-unsaturated/α-hetero) is 2. The van der Waals surface area contributed by atoms with Gasteiger partial charge < -0.3 is 0 Å². The largest absolute Gasteiger partial charge is 0.299 e. The smallest absolute Gasteiger partial charge is 0.137 e. The lowest BCUT2D eigenvalue weighted by molar-refractivity contribution is -0.127. The van der Waals surface area contributed by atoms with Gasteiger partial charge in [-0.1, -0.05) is 49.6 Å². The van der Waals surface area contributed by atoms with E-state index in [4.69, 9.17) is 0 Å². The maximum Gasteiger partial charge on any atom is 0.137 e. The van der Waals surface area contributed by atoms with E-state index in [0.29, 0.717) is 6.42 Å². The quantitative estimate of drug-likeness (QED) is 0.802. The Balaban J connectivity index is 2.04. The summed E-state index contributed by atoms with van der Waals surface area (Å²) >= 11 is 0. The fourth-order valence-corrected chi connectivity index (χ4v) is 2.97. The summed E-state index contributed by atoms with van der Waals surface area (Å²) in [5.41, 5.74) is 0.971. The summed E-state index contributed by atoms with van der Waals surface area (Å²) in [5.74, 6) is 0.314. The second-order valence-corrected chi connectivity index (χ2v) is 5.58. The highest BCUT2D eigenvalue weighted by molar-refractivity contribution is 5.91. The second-order valence-electron chi connectivity index (χ2n) is 5.58. The van der Waals surface area contributed by atoms with Gasteiger partial charge in [-0.25, -0.2) is 0 Å². The summed E-state index contributed by atoms with van der Waals surface area (Å²) in [5, 5.41) is 0. The minimum Gasteiger partial charge on any atom is -0.299 e. The van der Waals surface area contributed by atoms with Crippen molar-refractivity contribution in [1.29, 1.82) is 0 Å². The van der Waals surface area contributed by atoms with Gasteiger partial charge >= 0.3 is 0 Å². The fraction of sp³-hybridized carbons (Fsp3) is 0.529. The van der Waals surface area contributed by atoms with Crippen LogP contribution in [0.2, 0.25) is 0 Å². The van der Waals surface area contributed by atoms with Crippen LogP contribution in [0.3, 0.4) is 0 Å². The van der Waals surface area contributed by atoms with E-state index in [9.17, 15) is 9.59 Å². The first-order chi connectivity index (χ1) is 9.18. The molecular weight excluding hydrogens is 236 g/mol. The molecule has 1 fully saturated rings. The van der Waals surface area contributed by atoms with Gasteiger partial charge in [-0.2, -0.15) is 0 Å². The second kappa shape index (κ2) is 6.65. The molecule has 1 aromatic rings. The zero-order chi connectivity index (χ0) is 13.7. The topological polar surface area (TPSA) is 34.1 Å². The zero-order valence-corrected chi connectivity index (χ0v) is 11.6. The van der Waals surface area contributed by atoms with E-state index in [0.717, 1.165) is 31.2 Å². The molecule has 0 saturated heterocycles. The van der Waals surface area contributed by atoms with Crippen molar-refractivity contribution in [2.45, 2.75) is 51.4 Å². The number of benzene rings is 1. The average molecular weight is 258 g/mol. The van der Waals surface area contributed by atoms with Crippen molar-refractivity contribution < 1.29 is 9.59 Å². The summed E-state index contributed by atoms with van der Waals surface area (Å²) in [4.78, 5) is 24.1. The van der Waals surface area contributed by atoms with Crippen molar-refractivity contribution in [3.63, 3.8) is 0 Å². The predicted molar refractivity (Wildman–Crippen MR) is 76.1 cm³/mol. The Morgan fingerprint density at radius 1 is 1.11 bits per heavy atom. The van der Waals surface area contributed by atoms with E-state index in [1.165, 1.54) is 6.42 Å². The number of hydrogen-bond donors (Lipinski definition) is 0. The van der Waals surface area contributed by atoms with Crippen LogP contribution >= 0.6 is 0 Å². The first kappa shape index (κ1) is 14.0. The highest BCUT2D eigenvalue weighted by Gasteiger charge is 2.26. The van der Waals surface area contributed by atoms with Gasteiger partial charge in [0.2, 0.25) is 0 Å². The Kier molecular flexibility index (Phi) is 4.89. The monoisotopic (exact) mass is 258 g/mol. The molecule has 1 aliphatic rings. The molecule has 0 amide bonds. The Hall–Kier alpha value is -1.44. The lowest BCUT2D eigenvalue weighted by atomic mass is 9.81. The average Bonchev–Trinajstić information content (AvgIpc) is 2.46. The highest BCUT2D eigenvalue weighted by atomic mass is 16.1. The van der Waals surface area contributed by atoms with Crippen molar-refractivity contribution in [2.75, 3.05) is 0 Å². The summed E-state index contributed by atoms with van der Waals surface area (Å²) < 4.78 is 0. The SMILES string of the molecule is CC(=O)C(CC(=O)C1CCCCC1)c1ccccc1. The van der Waals surface area contributed by atoms with Crippen LogP contribution in [0, 0.1) is 5.92 Å². The van der Waals surface area contributed by atoms with E-state index in [2.05, 4.69) is 0 Å². The van der Waals surface area contributed by atoms with Crippen molar-refractivity contribution in [3.8, 4) is 0 Å². The fourth-order valence-electron chi connectivity index (χ4n) is 2.97. The highest BCUT2D eigenvalue weighted by Crippen LogP contribution is 2.29. The van der Waals surface area contributed by atoms with Gasteiger partial charge in [-0.05, 0) is 25.3 Å². The standard InChI is InChI=1S/C17H22O2/c1-13(18)16(14-8-4-2-5-9-14)12-17(19)15-10-6-3-7-11-15/h2,4-5,8-9,15-16H,3,6-7,10-12H2,1H3. The third kappa shape index (κ3) is 3.76. The van der Waals surface area contributed by atoms with Crippen LogP contribution in [0.4, 0.5) is 0 Å². The molecule has 19 heavy (non-hydrogen) atoms. The molecule has 1 unspecified atom stereocenters. The molecule has 1 aliphatic carbocycles. The van der Waals surface area contributed by atoms with Crippen molar-refractivity contribution in [3.05, 3.63) is 35.9 Å². The first-order valence-electron chi connectivity index (χ1n) is 7.26. The van der Waals surface area contributed by atoms with Crippen LogP contribution in [0.5, 0.6) is 0 Å². The van der Waals surface area contributed by atoms with Crippen molar-refractivity contribution in [1.82, 2.24) is 0 Å². The van der Waals surface area contributed by atoms with E-state index < -0.39 is 0 Å². The third-order valence-electron chi connectivity index (χ3n) is 4.16. The van der Waals surface area contributed by atoms with E-state index in [-0.39, 0.29) is 23.4 Å². The molecule has 0 aliphatic heterocycles. The van der Waals surface area contributed by atoms with Crippen LogP contribution in [0.1, 0.15) is 56.9 Å². The number of carbonyl (C=O) groups excluding carboxylic acids is 2. The van der Waals surface area contributed by atoms with Crippen molar-refractivity contribution in [2.24, 2.45) is 5.92 Å². The Labute approximate surface area is 115 Å². The van der Waals surface area contributed by atoms with Crippen LogP contribution in [0.15, 0.2) is 30.3 Å². The normalized spacial score (nSPS) is 17.9. The first-order valence-corrected chi connectivity index (χ1v) is 7.26. The van der Waals surface area contributed by atoms with Crippen molar-refractivity contribution >= 4 is 11.6 Å².